The molecule has 178 valence electrons. The van der Waals surface area contributed by atoms with Gasteiger partial charge in [-0.15, -0.1) is 0 Å². The van der Waals surface area contributed by atoms with Crippen LogP contribution in [0, 0.1) is 0 Å². The van der Waals surface area contributed by atoms with Crippen molar-refractivity contribution in [2.24, 2.45) is 11.5 Å². The minimum absolute atomic E-state index is 0.238. The number of aliphatic hydroxyl groups is 1. The molecule has 3 amide bonds. The molecule has 1 rings (SSSR count). The van der Waals surface area contributed by atoms with Crippen molar-refractivity contribution in [2.45, 2.75) is 62.7 Å². The Kier molecular flexibility index (Phi) is 12.5. The fourth-order valence-corrected chi connectivity index (χ4v) is 3.85. The standard InChI is InChI=1S/C19H35N5O6S/c1-31-10-7-12(21)16(26)23-14(11-25)18(28)24-9-4-6-15(24)17(27)22-13(19(29)30)5-2-3-8-20/h12-15,25H,2-11,20-21H2,1H3,(H,22,27)(H,23,26)(H,29,30). The third-order valence-corrected chi connectivity index (χ3v) is 5.81. The predicted octanol–water partition coefficient (Wildman–Crippen LogP) is -1.77. The summed E-state index contributed by atoms with van der Waals surface area (Å²) in [5.41, 5.74) is 11.2. The highest BCUT2D eigenvalue weighted by Gasteiger charge is 2.38. The topological polar surface area (TPSA) is 188 Å². The second kappa shape index (κ2) is 14.2. The quantitative estimate of drug-likeness (QED) is 0.163. The van der Waals surface area contributed by atoms with E-state index in [1.54, 1.807) is 0 Å². The van der Waals surface area contributed by atoms with E-state index in [4.69, 9.17) is 11.5 Å². The first-order valence-corrected chi connectivity index (χ1v) is 11.9. The molecule has 4 atom stereocenters. The van der Waals surface area contributed by atoms with Crippen LogP contribution in [-0.2, 0) is 19.2 Å². The molecule has 11 nitrogen and oxygen atoms in total. The van der Waals surface area contributed by atoms with E-state index < -0.39 is 54.5 Å². The van der Waals surface area contributed by atoms with Gasteiger partial charge in [-0.2, -0.15) is 11.8 Å². The van der Waals surface area contributed by atoms with Crippen LogP contribution in [-0.4, -0.2) is 94.7 Å². The van der Waals surface area contributed by atoms with Gasteiger partial charge in [0.25, 0.3) is 0 Å². The molecule has 4 unspecified atom stereocenters. The Morgan fingerprint density at radius 3 is 2.45 bits per heavy atom. The number of carbonyl (C=O) groups excluding carboxylic acids is 3. The first kappa shape index (κ1) is 27.1. The summed E-state index contributed by atoms with van der Waals surface area (Å²) in [6.45, 7) is 0.0641. The average molecular weight is 462 g/mol. The third-order valence-electron chi connectivity index (χ3n) is 5.17. The van der Waals surface area contributed by atoms with Crippen LogP contribution in [0.5, 0.6) is 0 Å². The molecular formula is C19H35N5O6S. The molecule has 1 saturated heterocycles. The molecule has 1 aliphatic rings. The van der Waals surface area contributed by atoms with Gasteiger partial charge in [-0.3, -0.25) is 14.4 Å². The number of unbranched alkanes of at least 4 members (excludes halogenated alkanes) is 1. The molecule has 0 saturated carbocycles. The lowest BCUT2D eigenvalue weighted by atomic mass is 10.1. The normalized spacial score (nSPS) is 18.8. The molecule has 31 heavy (non-hydrogen) atoms. The highest BCUT2D eigenvalue weighted by molar-refractivity contribution is 7.98. The van der Waals surface area contributed by atoms with Crippen molar-refractivity contribution in [3.8, 4) is 0 Å². The lowest BCUT2D eigenvalue weighted by Gasteiger charge is -2.29. The van der Waals surface area contributed by atoms with Crippen LogP contribution in [0.3, 0.4) is 0 Å². The molecule has 0 bridgehead atoms. The SMILES string of the molecule is CSCCC(N)C(=O)NC(CO)C(=O)N1CCCC1C(=O)NC(CCCCN)C(=O)O. The molecule has 8 N–H and O–H groups in total. The van der Waals surface area contributed by atoms with E-state index in [1.165, 1.54) is 16.7 Å². The van der Waals surface area contributed by atoms with Gasteiger partial charge in [-0.1, -0.05) is 0 Å². The van der Waals surface area contributed by atoms with E-state index in [9.17, 15) is 29.4 Å². The summed E-state index contributed by atoms with van der Waals surface area (Å²) in [5.74, 6) is -2.18. The lowest BCUT2D eigenvalue weighted by Crippen LogP contribution is -2.57. The van der Waals surface area contributed by atoms with Gasteiger partial charge in [-0.05, 0) is 57.1 Å². The summed E-state index contributed by atoms with van der Waals surface area (Å²) >= 11 is 1.54. The molecule has 1 heterocycles. The molecule has 0 spiro atoms. The fraction of sp³-hybridized carbons (Fsp3) is 0.789. The van der Waals surface area contributed by atoms with Crippen molar-refractivity contribution in [2.75, 3.05) is 31.7 Å². The Morgan fingerprint density at radius 2 is 1.87 bits per heavy atom. The molecule has 0 aliphatic carbocycles. The number of hydrogen-bond donors (Lipinski definition) is 6. The van der Waals surface area contributed by atoms with E-state index in [1.807, 2.05) is 6.26 Å². The van der Waals surface area contributed by atoms with Crippen LogP contribution in [0.15, 0.2) is 0 Å². The molecule has 12 heteroatoms. The second-order valence-corrected chi connectivity index (χ2v) is 8.49. The zero-order valence-corrected chi connectivity index (χ0v) is 18.7. The first-order chi connectivity index (χ1) is 14.8. The smallest absolute Gasteiger partial charge is 0.326 e. The Morgan fingerprint density at radius 1 is 1.16 bits per heavy atom. The van der Waals surface area contributed by atoms with E-state index in [2.05, 4.69) is 10.6 Å². The van der Waals surface area contributed by atoms with E-state index in [-0.39, 0.29) is 13.0 Å². The zero-order chi connectivity index (χ0) is 23.4. The molecule has 0 aromatic heterocycles. The maximum Gasteiger partial charge on any atom is 0.326 e. The van der Waals surface area contributed by atoms with Gasteiger partial charge in [0.2, 0.25) is 17.7 Å². The number of carboxylic acids is 1. The predicted molar refractivity (Wildman–Crippen MR) is 117 cm³/mol. The van der Waals surface area contributed by atoms with Crippen LogP contribution in [0.4, 0.5) is 0 Å². The minimum atomic E-state index is -1.22. The molecule has 0 radical (unpaired) electrons. The number of rotatable bonds is 14. The van der Waals surface area contributed by atoms with Gasteiger partial charge in [0.15, 0.2) is 0 Å². The summed E-state index contributed by atoms with van der Waals surface area (Å²) in [4.78, 5) is 50.5. The Balaban J connectivity index is 2.76. The van der Waals surface area contributed by atoms with Crippen LogP contribution in [0.1, 0.15) is 38.5 Å². The monoisotopic (exact) mass is 461 g/mol. The largest absolute Gasteiger partial charge is 0.480 e. The maximum atomic E-state index is 12.9. The Hall–Kier alpha value is -1.89. The third kappa shape index (κ3) is 8.63. The Bertz CT molecular complexity index is 623. The number of nitrogens with two attached hydrogens (primary N) is 2. The molecule has 1 fully saturated rings. The van der Waals surface area contributed by atoms with Crippen LogP contribution in [0.2, 0.25) is 0 Å². The summed E-state index contributed by atoms with van der Waals surface area (Å²) in [7, 11) is 0. The number of carbonyl (C=O) groups is 4. The molecular weight excluding hydrogens is 426 g/mol. The first-order valence-electron chi connectivity index (χ1n) is 10.5. The van der Waals surface area contributed by atoms with Gasteiger partial charge in [0.1, 0.15) is 18.1 Å². The Labute approximate surface area is 186 Å². The average Bonchev–Trinajstić information content (AvgIpc) is 3.24. The van der Waals surface area contributed by atoms with Gasteiger partial charge in [0, 0.05) is 6.54 Å². The van der Waals surface area contributed by atoms with E-state index >= 15 is 0 Å². The van der Waals surface area contributed by atoms with Gasteiger partial charge in [-0.25, -0.2) is 4.79 Å². The summed E-state index contributed by atoms with van der Waals surface area (Å²) in [6, 6.07) is -3.96. The number of carboxylic acid groups (broad SMARTS) is 1. The minimum Gasteiger partial charge on any atom is -0.480 e. The number of aliphatic carboxylic acids is 1. The van der Waals surface area contributed by atoms with Crippen LogP contribution >= 0.6 is 11.8 Å². The summed E-state index contributed by atoms with van der Waals surface area (Å²) < 4.78 is 0. The van der Waals surface area contributed by atoms with Crippen molar-refractivity contribution in [1.29, 1.82) is 0 Å². The number of aliphatic hydroxyl groups excluding tert-OH is 1. The fourth-order valence-electron chi connectivity index (χ4n) is 3.36. The van der Waals surface area contributed by atoms with Crippen molar-refractivity contribution in [3.05, 3.63) is 0 Å². The van der Waals surface area contributed by atoms with Crippen molar-refractivity contribution < 1.29 is 29.4 Å². The number of amides is 3. The van der Waals surface area contributed by atoms with Crippen molar-refractivity contribution >= 4 is 35.5 Å². The molecule has 1 aliphatic heterocycles. The number of nitrogens with one attached hydrogen (secondary N) is 2. The van der Waals surface area contributed by atoms with Crippen LogP contribution < -0.4 is 22.1 Å². The van der Waals surface area contributed by atoms with Gasteiger partial charge < -0.3 is 37.2 Å². The van der Waals surface area contributed by atoms with Gasteiger partial charge >= 0.3 is 5.97 Å². The second-order valence-electron chi connectivity index (χ2n) is 7.51. The van der Waals surface area contributed by atoms with E-state index in [0.29, 0.717) is 44.4 Å². The zero-order valence-electron chi connectivity index (χ0n) is 17.9. The number of thioether (sulfide) groups is 1. The number of hydrogen-bond acceptors (Lipinski definition) is 8. The molecule has 0 aromatic rings. The highest BCUT2D eigenvalue weighted by Crippen LogP contribution is 2.19. The summed E-state index contributed by atoms with van der Waals surface area (Å²) in [5, 5.41) is 23.9. The van der Waals surface area contributed by atoms with E-state index in [0.717, 1.165) is 0 Å². The molecule has 0 aromatic carbocycles. The highest BCUT2D eigenvalue weighted by atomic mass is 32.2. The lowest BCUT2D eigenvalue weighted by molar-refractivity contribution is -0.145. The number of nitrogens with zero attached hydrogens (tertiary/aromatic N) is 1. The summed E-state index contributed by atoms with van der Waals surface area (Å²) in [6.07, 6.45) is 4.66. The van der Waals surface area contributed by atoms with Gasteiger partial charge in [0.05, 0.1) is 12.6 Å². The van der Waals surface area contributed by atoms with Crippen molar-refractivity contribution in [3.63, 3.8) is 0 Å². The maximum absolute atomic E-state index is 12.9. The van der Waals surface area contributed by atoms with Crippen LogP contribution in [0.25, 0.3) is 0 Å². The number of likely N-dealkylation sites (tertiary alicyclic amines) is 1. The van der Waals surface area contributed by atoms with Crippen molar-refractivity contribution in [1.82, 2.24) is 15.5 Å².